The van der Waals surface area contributed by atoms with Crippen LogP contribution in [0.2, 0.25) is 0 Å². The minimum absolute atomic E-state index is 0.00868. The Morgan fingerprint density at radius 1 is 0.344 bits per heavy atom. The maximum Gasteiger partial charge on any atom is 0.304 e. The molecule has 5 heterocycles. The molecule has 20 nitrogen and oxygen atoms in total. The number of aromatic nitrogens is 8. The number of ether oxygens (including phenoxy) is 4. The summed E-state index contributed by atoms with van der Waals surface area (Å²) in [4.78, 5) is 0. The van der Waals surface area contributed by atoms with Crippen LogP contribution >= 0.6 is 0 Å². The van der Waals surface area contributed by atoms with Crippen molar-refractivity contribution in [2.24, 2.45) is 20.5 Å². The van der Waals surface area contributed by atoms with E-state index in [4.69, 9.17) is 18.9 Å². The van der Waals surface area contributed by atoms with Crippen LogP contribution in [-0.4, -0.2) is 67.7 Å². The molecule has 0 atom stereocenters. The Labute approximate surface area is 173 Å². The Morgan fingerprint density at radius 3 is 0.844 bits per heavy atom. The summed E-state index contributed by atoms with van der Waals surface area (Å²) in [5.41, 5.74) is 0. The lowest BCUT2D eigenvalue weighted by atomic mass is 10.6. The van der Waals surface area contributed by atoms with E-state index in [1.54, 1.807) is 0 Å². The molecule has 0 spiro atoms. The van der Waals surface area contributed by atoms with Crippen molar-refractivity contribution in [2.75, 3.05) is 26.4 Å². The van der Waals surface area contributed by atoms with Crippen molar-refractivity contribution in [1.82, 2.24) is 41.3 Å². The van der Waals surface area contributed by atoms with Gasteiger partial charge in [-0.05, 0) is 41.3 Å². The summed E-state index contributed by atoms with van der Waals surface area (Å²) in [7, 11) is 0. The Balaban J connectivity index is 1.37. The van der Waals surface area contributed by atoms with Gasteiger partial charge in [-0.2, -0.15) is 0 Å². The Morgan fingerprint density at radius 2 is 0.594 bits per heavy atom. The molecule has 164 valence electrons. The van der Waals surface area contributed by atoms with Crippen LogP contribution in [0.25, 0.3) is 0 Å². The highest BCUT2D eigenvalue weighted by Gasteiger charge is 2.17. The molecule has 0 unspecified atom stereocenters. The third-order valence-electron chi connectivity index (χ3n) is 3.37. The van der Waals surface area contributed by atoms with Crippen molar-refractivity contribution in [3.63, 3.8) is 0 Å². The summed E-state index contributed by atoms with van der Waals surface area (Å²) in [6.45, 7) is -0.0347. The molecule has 20 heteroatoms. The molecule has 32 heavy (non-hydrogen) atoms. The van der Waals surface area contributed by atoms with Crippen molar-refractivity contribution >= 4 is 23.3 Å². The van der Waals surface area contributed by atoms with Crippen molar-refractivity contribution < 1.29 is 37.5 Å². The van der Waals surface area contributed by atoms with Gasteiger partial charge in [0, 0.05) is 0 Å². The van der Waals surface area contributed by atoms with Gasteiger partial charge < -0.3 is 18.9 Å². The van der Waals surface area contributed by atoms with Crippen LogP contribution in [-0.2, 0) is 0 Å². The summed E-state index contributed by atoms with van der Waals surface area (Å²) in [5, 5.41) is 43.9. The van der Waals surface area contributed by atoms with E-state index in [0.717, 1.165) is 0 Å². The van der Waals surface area contributed by atoms with Gasteiger partial charge in [0.1, 0.15) is 26.4 Å². The SMILES string of the molecule is C1COc2nonc2N=Nc2nonc2OCCOc2nonc2N=Nc2nonc2O1. The van der Waals surface area contributed by atoms with E-state index >= 15 is 0 Å². The highest BCUT2D eigenvalue weighted by Crippen LogP contribution is 2.30. The van der Waals surface area contributed by atoms with Gasteiger partial charge in [-0.3, -0.25) is 0 Å². The van der Waals surface area contributed by atoms with Gasteiger partial charge in [0.25, 0.3) is 23.3 Å². The minimum Gasteiger partial charge on any atom is -0.469 e. The maximum atomic E-state index is 5.39. The van der Waals surface area contributed by atoms with Crippen LogP contribution in [0.3, 0.4) is 0 Å². The van der Waals surface area contributed by atoms with Gasteiger partial charge in [-0.25, -0.2) is 18.5 Å². The first-order valence-electron chi connectivity index (χ1n) is 8.52. The predicted molar refractivity (Wildman–Crippen MR) is 87.5 cm³/mol. The smallest absolute Gasteiger partial charge is 0.304 e. The summed E-state index contributed by atoms with van der Waals surface area (Å²) >= 11 is 0. The van der Waals surface area contributed by atoms with Crippen molar-refractivity contribution in [2.45, 2.75) is 0 Å². The molecular weight excluding hydrogens is 440 g/mol. The standard InChI is InChI=1S/C12H8N12O8/c1-2-26-10-6(18-30-22-10)14-16-8-12(24-32-20-8)28-4-3-27-11-7(19-31-23-11)15-13-5-9(25-1)21-29-17-5/h1-4H2. The fraction of sp³-hybridized carbons (Fsp3) is 0.333. The average Bonchev–Trinajstić information content (AvgIpc) is 3.59. The summed E-state index contributed by atoms with van der Waals surface area (Å²) in [6, 6.07) is 0. The molecule has 0 amide bonds. The topological polar surface area (TPSA) is 242 Å². The first-order chi connectivity index (χ1) is 15.9. The van der Waals surface area contributed by atoms with E-state index in [-0.39, 0.29) is 73.2 Å². The average molecular weight is 448 g/mol. The molecule has 0 radical (unpaired) electrons. The zero-order valence-corrected chi connectivity index (χ0v) is 15.5. The number of rotatable bonds is 0. The number of azo groups is 2. The number of hydrogen-bond donors (Lipinski definition) is 0. The highest BCUT2D eigenvalue weighted by atomic mass is 16.6. The van der Waals surface area contributed by atoms with Crippen molar-refractivity contribution in [1.29, 1.82) is 0 Å². The monoisotopic (exact) mass is 448 g/mol. The first-order valence-corrected chi connectivity index (χ1v) is 8.52. The third-order valence-corrected chi connectivity index (χ3v) is 3.37. The van der Waals surface area contributed by atoms with E-state index in [2.05, 4.69) is 80.2 Å². The molecule has 1 aliphatic heterocycles. The molecule has 0 N–H and O–H groups in total. The molecule has 0 aromatic carbocycles. The van der Waals surface area contributed by atoms with Crippen molar-refractivity contribution in [3.05, 3.63) is 0 Å². The summed E-state index contributed by atoms with van der Waals surface area (Å²) < 4.78 is 40.0. The first kappa shape index (κ1) is 19.0. The quantitative estimate of drug-likeness (QED) is 0.367. The van der Waals surface area contributed by atoms with Crippen molar-refractivity contribution in [3.8, 4) is 23.5 Å². The van der Waals surface area contributed by atoms with E-state index in [1.165, 1.54) is 0 Å². The van der Waals surface area contributed by atoms with Gasteiger partial charge in [0.15, 0.2) is 0 Å². The molecule has 0 bridgehead atoms. The Kier molecular flexibility index (Phi) is 5.19. The van der Waals surface area contributed by atoms with Gasteiger partial charge in [-0.1, -0.05) is 0 Å². The third kappa shape index (κ3) is 4.12. The molecule has 0 aliphatic carbocycles. The second-order valence-corrected chi connectivity index (χ2v) is 5.37. The van der Waals surface area contributed by atoms with Crippen LogP contribution in [0, 0.1) is 0 Å². The summed E-state index contributed by atoms with van der Waals surface area (Å²) in [5.74, 6) is -0.486. The largest absolute Gasteiger partial charge is 0.469 e. The van der Waals surface area contributed by atoms with Crippen LogP contribution in [0.5, 0.6) is 23.5 Å². The minimum atomic E-state index is -0.0691. The normalized spacial score (nSPS) is 14.5. The molecular formula is C12H8N12O8. The number of fused-ring (bicyclic) bond motifs is 4. The maximum absolute atomic E-state index is 5.39. The molecule has 5 rings (SSSR count). The summed E-state index contributed by atoms with van der Waals surface area (Å²) in [6.07, 6.45) is 0. The van der Waals surface area contributed by atoms with Gasteiger partial charge in [0.2, 0.25) is 0 Å². The van der Waals surface area contributed by atoms with E-state index in [9.17, 15) is 0 Å². The van der Waals surface area contributed by atoms with Gasteiger partial charge in [0.05, 0.1) is 0 Å². The Hall–Kier alpha value is -5.04. The van der Waals surface area contributed by atoms with E-state index in [1.807, 2.05) is 0 Å². The molecule has 4 aromatic heterocycles. The lowest BCUT2D eigenvalue weighted by molar-refractivity contribution is 0.188. The van der Waals surface area contributed by atoms with Crippen LogP contribution in [0.15, 0.2) is 39.0 Å². The lowest BCUT2D eigenvalue weighted by Gasteiger charge is -2.03. The molecule has 1 aliphatic rings. The number of hydrogen-bond acceptors (Lipinski definition) is 20. The molecule has 0 saturated carbocycles. The van der Waals surface area contributed by atoms with Gasteiger partial charge >= 0.3 is 23.5 Å². The van der Waals surface area contributed by atoms with Gasteiger partial charge in [-0.15, -0.1) is 20.5 Å². The fourth-order valence-electron chi connectivity index (χ4n) is 2.05. The molecule has 0 saturated heterocycles. The van der Waals surface area contributed by atoms with E-state index in [0.29, 0.717) is 0 Å². The molecule has 0 fully saturated rings. The predicted octanol–water partition coefficient (Wildman–Crippen LogP) is 1.28. The van der Waals surface area contributed by atoms with Crippen LogP contribution < -0.4 is 18.9 Å². The number of nitrogens with zero attached hydrogens (tertiary/aromatic N) is 12. The second kappa shape index (κ2) is 8.76. The Bertz CT molecular complexity index is 1040. The van der Waals surface area contributed by atoms with Crippen LogP contribution in [0.1, 0.15) is 0 Å². The van der Waals surface area contributed by atoms with Crippen LogP contribution in [0.4, 0.5) is 23.3 Å². The zero-order valence-electron chi connectivity index (χ0n) is 15.5. The molecule has 4 aromatic rings. The van der Waals surface area contributed by atoms with E-state index < -0.39 is 0 Å². The second-order valence-electron chi connectivity index (χ2n) is 5.37. The zero-order chi connectivity index (χ0) is 21.6. The fourth-order valence-corrected chi connectivity index (χ4v) is 2.05. The highest BCUT2D eigenvalue weighted by molar-refractivity contribution is 5.41. The lowest BCUT2D eigenvalue weighted by Crippen LogP contribution is -2.09.